The molecule has 0 spiro atoms. The van der Waals surface area contributed by atoms with Gasteiger partial charge in [0, 0.05) is 23.5 Å². The highest BCUT2D eigenvalue weighted by atomic mass is 16.2. The smallest absolute Gasteiger partial charge is 0.243 e. The number of hydrogen-bond acceptors (Lipinski definition) is 3. The molecule has 0 aliphatic rings. The summed E-state index contributed by atoms with van der Waals surface area (Å²) < 4.78 is 0. The second-order valence-corrected chi connectivity index (χ2v) is 7.79. The molecule has 3 rings (SSSR count). The second kappa shape index (κ2) is 10.4. The van der Waals surface area contributed by atoms with Gasteiger partial charge >= 0.3 is 0 Å². The third-order valence-corrected chi connectivity index (χ3v) is 5.02. The minimum Gasteiger partial charge on any atom is -0.376 e. The second-order valence-electron chi connectivity index (χ2n) is 7.79. The number of carbonyl (C=O) groups excluding carboxylic acids is 2. The fourth-order valence-corrected chi connectivity index (χ4v) is 3.58. The van der Waals surface area contributed by atoms with Gasteiger partial charge in [-0.1, -0.05) is 54.1 Å². The van der Waals surface area contributed by atoms with Crippen LogP contribution >= 0.6 is 0 Å². The van der Waals surface area contributed by atoms with Gasteiger partial charge in [0.1, 0.15) is 0 Å². The normalized spacial score (nSPS) is 10.4. The van der Waals surface area contributed by atoms with E-state index in [-0.39, 0.29) is 18.4 Å². The number of rotatable bonds is 8. The summed E-state index contributed by atoms with van der Waals surface area (Å²) in [4.78, 5) is 24.7. The lowest BCUT2D eigenvalue weighted by Gasteiger charge is -2.14. The Labute approximate surface area is 183 Å². The van der Waals surface area contributed by atoms with E-state index in [0.717, 1.165) is 28.1 Å². The molecule has 0 saturated carbocycles. The van der Waals surface area contributed by atoms with E-state index in [0.29, 0.717) is 18.5 Å². The van der Waals surface area contributed by atoms with Crippen molar-refractivity contribution >= 4 is 28.9 Å². The summed E-state index contributed by atoms with van der Waals surface area (Å²) in [5, 5.41) is 9.03. The van der Waals surface area contributed by atoms with Gasteiger partial charge in [-0.3, -0.25) is 9.59 Å². The van der Waals surface area contributed by atoms with E-state index in [1.807, 2.05) is 75.4 Å². The first-order chi connectivity index (χ1) is 14.9. The summed E-state index contributed by atoms with van der Waals surface area (Å²) in [6.07, 6.45) is 1.11. The Morgan fingerprint density at radius 1 is 0.742 bits per heavy atom. The Morgan fingerprint density at radius 3 is 2.13 bits per heavy atom. The Morgan fingerprint density at radius 2 is 1.42 bits per heavy atom. The van der Waals surface area contributed by atoms with Gasteiger partial charge in [0.25, 0.3) is 0 Å². The van der Waals surface area contributed by atoms with Crippen LogP contribution in [0.3, 0.4) is 0 Å². The Bertz CT molecular complexity index is 1040. The van der Waals surface area contributed by atoms with Crippen molar-refractivity contribution < 1.29 is 9.59 Å². The molecule has 31 heavy (non-hydrogen) atoms. The number of carbonyl (C=O) groups is 2. The van der Waals surface area contributed by atoms with Crippen LogP contribution in [-0.2, 0) is 16.0 Å². The number of benzene rings is 3. The first-order valence-corrected chi connectivity index (χ1v) is 10.5. The third-order valence-electron chi connectivity index (χ3n) is 5.02. The monoisotopic (exact) mass is 415 g/mol. The molecule has 3 aromatic carbocycles. The maximum absolute atomic E-state index is 12.4. The predicted molar refractivity (Wildman–Crippen MR) is 128 cm³/mol. The molecule has 0 aliphatic heterocycles. The van der Waals surface area contributed by atoms with Crippen LogP contribution in [0.25, 0.3) is 0 Å². The van der Waals surface area contributed by atoms with Crippen molar-refractivity contribution in [1.29, 1.82) is 0 Å². The highest BCUT2D eigenvalue weighted by molar-refractivity contribution is 5.95. The lowest BCUT2D eigenvalue weighted by Crippen LogP contribution is -2.22. The highest BCUT2D eigenvalue weighted by Gasteiger charge is 2.09. The van der Waals surface area contributed by atoms with Crippen LogP contribution in [0.15, 0.2) is 66.7 Å². The van der Waals surface area contributed by atoms with Gasteiger partial charge in [-0.15, -0.1) is 0 Å². The van der Waals surface area contributed by atoms with Gasteiger partial charge in [0.2, 0.25) is 11.8 Å². The average molecular weight is 416 g/mol. The summed E-state index contributed by atoms with van der Waals surface area (Å²) in [6.45, 7) is 6.17. The molecule has 0 heterocycles. The van der Waals surface area contributed by atoms with Crippen LogP contribution < -0.4 is 16.0 Å². The molecule has 5 heteroatoms. The largest absolute Gasteiger partial charge is 0.376 e. The quantitative estimate of drug-likeness (QED) is 0.472. The van der Waals surface area contributed by atoms with Crippen LogP contribution in [0, 0.1) is 20.8 Å². The van der Waals surface area contributed by atoms with Crippen molar-refractivity contribution in [3.05, 3.63) is 89.0 Å². The lowest BCUT2D eigenvalue weighted by molar-refractivity contribution is -0.116. The van der Waals surface area contributed by atoms with Gasteiger partial charge < -0.3 is 16.0 Å². The molecule has 0 aromatic heterocycles. The fraction of sp³-hybridized carbons (Fsp3) is 0.231. The maximum Gasteiger partial charge on any atom is 0.243 e. The average Bonchev–Trinajstić information content (AvgIpc) is 2.74. The molecule has 2 amide bonds. The maximum atomic E-state index is 12.4. The van der Waals surface area contributed by atoms with Gasteiger partial charge in [0.05, 0.1) is 6.54 Å². The molecule has 0 unspecified atom stereocenters. The number of amides is 2. The fourth-order valence-electron chi connectivity index (χ4n) is 3.58. The van der Waals surface area contributed by atoms with Gasteiger partial charge in [-0.05, 0) is 62.1 Å². The lowest BCUT2D eigenvalue weighted by atomic mass is 10.1. The first-order valence-electron chi connectivity index (χ1n) is 10.5. The molecule has 0 saturated heterocycles. The van der Waals surface area contributed by atoms with Gasteiger partial charge in [-0.25, -0.2) is 0 Å². The summed E-state index contributed by atoms with van der Waals surface area (Å²) in [5.74, 6) is -0.156. The van der Waals surface area contributed by atoms with E-state index in [4.69, 9.17) is 0 Å². The Hall–Kier alpha value is -3.60. The summed E-state index contributed by atoms with van der Waals surface area (Å²) in [7, 11) is 0. The minimum absolute atomic E-state index is 0.0379. The van der Waals surface area contributed by atoms with E-state index < -0.39 is 0 Å². The van der Waals surface area contributed by atoms with Crippen LogP contribution in [0.2, 0.25) is 0 Å². The Kier molecular flexibility index (Phi) is 7.44. The van der Waals surface area contributed by atoms with Crippen LogP contribution in [0.1, 0.15) is 28.7 Å². The molecule has 0 bridgehead atoms. The van der Waals surface area contributed by atoms with E-state index in [1.54, 1.807) is 0 Å². The number of hydrogen-bond donors (Lipinski definition) is 3. The van der Waals surface area contributed by atoms with Crippen molar-refractivity contribution in [3.63, 3.8) is 0 Å². The molecule has 160 valence electrons. The molecule has 0 fully saturated rings. The van der Waals surface area contributed by atoms with E-state index >= 15 is 0 Å². The zero-order chi connectivity index (χ0) is 22.2. The molecular weight excluding hydrogens is 386 g/mol. The topological polar surface area (TPSA) is 70.2 Å². The van der Waals surface area contributed by atoms with E-state index in [9.17, 15) is 9.59 Å². The van der Waals surface area contributed by atoms with Crippen molar-refractivity contribution in [1.82, 2.24) is 0 Å². The van der Waals surface area contributed by atoms with Crippen molar-refractivity contribution in [3.8, 4) is 0 Å². The van der Waals surface area contributed by atoms with Crippen molar-refractivity contribution in [2.24, 2.45) is 0 Å². The molecule has 3 aromatic rings. The first kappa shape index (κ1) is 22.1. The van der Waals surface area contributed by atoms with Crippen LogP contribution in [0.4, 0.5) is 17.1 Å². The minimum atomic E-state index is -0.118. The van der Waals surface area contributed by atoms with Crippen molar-refractivity contribution in [2.45, 2.75) is 33.6 Å². The van der Waals surface area contributed by atoms with E-state index in [1.165, 1.54) is 5.56 Å². The number of nitrogens with one attached hydrogen (secondary N) is 3. The summed E-state index contributed by atoms with van der Waals surface area (Å²) >= 11 is 0. The number of aryl methyl sites for hydroxylation is 4. The van der Waals surface area contributed by atoms with E-state index in [2.05, 4.69) is 28.1 Å². The predicted octanol–water partition coefficient (Wildman–Crippen LogP) is 5.23. The zero-order valence-corrected chi connectivity index (χ0v) is 18.3. The van der Waals surface area contributed by atoms with Crippen LogP contribution in [0.5, 0.6) is 0 Å². The molecule has 0 radical (unpaired) electrons. The molecule has 5 nitrogen and oxygen atoms in total. The molecular formula is C26H29N3O2. The molecule has 3 N–H and O–H groups in total. The highest BCUT2D eigenvalue weighted by Crippen LogP contribution is 2.22. The standard InChI is InChI=1S/C26H29N3O2/c1-18-14-19(2)26(20(3)15-18)29-25(31)17-27-22-10-7-11-23(16-22)28-24(30)13-12-21-8-5-4-6-9-21/h4-11,14-16,27H,12-13,17H2,1-3H3,(H,28,30)(H,29,31). The Balaban J connectivity index is 1.51. The SMILES string of the molecule is Cc1cc(C)c(NC(=O)CNc2cccc(NC(=O)CCc3ccccc3)c2)c(C)c1. The summed E-state index contributed by atoms with van der Waals surface area (Å²) in [5.41, 5.74) is 6.74. The van der Waals surface area contributed by atoms with Crippen molar-refractivity contribution in [2.75, 3.05) is 22.5 Å². The third kappa shape index (κ3) is 6.71. The molecule has 0 aliphatic carbocycles. The zero-order valence-electron chi connectivity index (χ0n) is 18.3. The van der Waals surface area contributed by atoms with Crippen LogP contribution in [-0.4, -0.2) is 18.4 Å². The van der Waals surface area contributed by atoms with Gasteiger partial charge in [0.15, 0.2) is 0 Å². The van der Waals surface area contributed by atoms with Gasteiger partial charge in [-0.2, -0.15) is 0 Å². The summed E-state index contributed by atoms with van der Waals surface area (Å²) in [6, 6.07) is 21.4. The molecule has 0 atom stereocenters. The number of anilines is 3.